The summed E-state index contributed by atoms with van der Waals surface area (Å²) in [4.78, 5) is 0. The molecule has 2 heteroatoms. The molecule has 1 unspecified atom stereocenters. The molecule has 0 aromatic carbocycles. The van der Waals surface area contributed by atoms with Gasteiger partial charge in [0.05, 0.1) is 0 Å². The average Bonchev–Trinajstić information content (AvgIpc) is 2.66. The molecule has 1 saturated carbocycles. The van der Waals surface area contributed by atoms with Crippen LogP contribution in [0.15, 0.2) is 0 Å². The summed E-state index contributed by atoms with van der Waals surface area (Å²) >= 11 is 0. The third-order valence-corrected chi connectivity index (χ3v) is 3.14. The Hall–Kier alpha value is -0.0800. The van der Waals surface area contributed by atoms with E-state index in [1.165, 1.54) is 13.0 Å². The van der Waals surface area contributed by atoms with Gasteiger partial charge in [0.1, 0.15) is 0 Å². The van der Waals surface area contributed by atoms with Gasteiger partial charge in [0.2, 0.25) is 0 Å². The summed E-state index contributed by atoms with van der Waals surface area (Å²) in [7, 11) is 0. The summed E-state index contributed by atoms with van der Waals surface area (Å²) in [5.74, 6) is 1.69. The van der Waals surface area contributed by atoms with E-state index in [1.54, 1.807) is 0 Å². The highest BCUT2D eigenvalue weighted by Crippen LogP contribution is 2.50. The van der Waals surface area contributed by atoms with Crippen LogP contribution in [-0.2, 0) is 0 Å². The summed E-state index contributed by atoms with van der Waals surface area (Å²) in [6.07, 6.45) is 1.40. The second-order valence-corrected chi connectivity index (χ2v) is 5.69. The molecule has 0 amide bonds. The van der Waals surface area contributed by atoms with E-state index in [1.807, 2.05) is 0 Å². The summed E-state index contributed by atoms with van der Waals surface area (Å²) in [5.41, 5.74) is 0.623. The highest BCUT2D eigenvalue weighted by molar-refractivity contribution is 4.95. The van der Waals surface area contributed by atoms with Crippen LogP contribution in [0.2, 0.25) is 0 Å². The lowest BCUT2D eigenvalue weighted by atomic mass is 10.1. The SMILES string of the molecule is CC(C)CNCCNCC1CC1(C)C. The van der Waals surface area contributed by atoms with Crippen molar-refractivity contribution in [2.45, 2.75) is 34.1 Å². The minimum Gasteiger partial charge on any atom is -0.315 e. The smallest absolute Gasteiger partial charge is 0.00768 e. The summed E-state index contributed by atoms with van der Waals surface area (Å²) in [6, 6.07) is 0. The molecule has 1 aliphatic carbocycles. The second-order valence-electron chi connectivity index (χ2n) is 5.69. The summed E-state index contributed by atoms with van der Waals surface area (Å²) in [5, 5.41) is 6.95. The maximum absolute atomic E-state index is 3.51. The van der Waals surface area contributed by atoms with Gasteiger partial charge in [-0.05, 0) is 36.8 Å². The molecular formula is C12H26N2. The minimum absolute atomic E-state index is 0.623. The zero-order valence-electron chi connectivity index (χ0n) is 10.2. The maximum Gasteiger partial charge on any atom is 0.00768 e. The molecule has 0 radical (unpaired) electrons. The molecule has 14 heavy (non-hydrogen) atoms. The largest absolute Gasteiger partial charge is 0.315 e. The van der Waals surface area contributed by atoms with Crippen LogP contribution >= 0.6 is 0 Å². The van der Waals surface area contributed by atoms with E-state index in [2.05, 4.69) is 38.3 Å². The predicted octanol–water partition coefficient (Wildman–Crippen LogP) is 1.87. The fourth-order valence-electron chi connectivity index (χ4n) is 1.77. The average molecular weight is 198 g/mol. The maximum atomic E-state index is 3.51. The zero-order chi connectivity index (χ0) is 10.6. The van der Waals surface area contributed by atoms with Gasteiger partial charge in [-0.1, -0.05) is 27.7 Å². The van der Waals surface area contributed by atoms with Gasteiger partial charge >= 0.3 is 0 Å². The third kappa shape index (κ3) is 4.43. The standard InChI is InChI=1S/C12H26N2/c1-10(2)8-13-5-6-14-9-11-7-12(11,3)4/h10-11,13-14H,5-9H2,1-4H3. The highest BCUT2D eigenvalue weighted by Gasteiger charge is 2.44. The van der Waals surface area contributed by atoms with Gasteiger partial charge in [-0.2, -0.15) is 0 Å². The molecule has 1 aliphatic rings. The van der Waals surface area contributed by atoms with E-state index in [0.717, 1.165) is 31.5 Å². The molecule has 84 valence electrons. The molecule has 1 rings (SSSR count). The fourth-order valence-corrected chi connectivity index (χ4v) is 1.77. The van der Waals surface area contributed by atoms with Crippen molar-refractivity contribution in [3.63, 3.8) is 0 Å². The monoisotopic (exact) mass is 198 g/mol. The van der Waals surface area contributed by atoms with Gasteiger partial charge in [-0.25, -0.2) is 0 Å². The number of nitrogens with one attached hydrogen (secondary N) is 2. The Morgan fingerprint density at radius 2 is 1.79 bits per heavy atom. The fraction of sp³-hybridized carbons (Fsp3) is 1.00. The Bertz CT molecular complexity index is 164. The second kappa shape index (κ2) is 5.13. The first kappa shape index (κ1) is 12.0. The molecule has 0 aromatic heterocycles. The van der Waals surface area contributed by atoms with Crippen LogP contribution in [-0.4, -0.2) is 26.2 Å². The summed E-state index contributed by atoms with van der Waals surface area (Å²) in [6.45, 7) is 13.8. The van der Waals surface area contributed by atoms with Crippen LogP contribution in [0.1, 0.15) is 34.1 Å². The minimum atomic E-state index is 0.623. The zero-order valence-corrected chi connectivity index (χ0v) is 10.2. The molecule has 0 heterocycles. The summed E-state index contributed by atoms with van der Waals surface area (Å²) < 4.78 is 0. The quantitative estimate of drug-likeness (QED) is 0.610. The van der Waals surface area contributed by atoms with E-state index in [4.69, 9.17) is 0 Å². The molecular weight excluding hydrogens is 172 g/mol. The van der Waals surface area contributed by atoms with Gasteiger partial charge in [-0.3, -0.25) is 0 Å². The number of rotatable bonds is 7. The molecule has 2 N–H and O–H groups in total. The Morgan fingerprint density at radius 3 is 2.29 bits per heavy atom. The van der Waals surface area contributed by atoms with Crippen molar-refractivity contribution in [2.75, 3.05) is 26.2 Å². The highest BCUT2D eigenvalue weighted by atomic mass is 14.9. The molecule has 1 atom stereocenters. The third-order valence-electron chi connectivity index (χ3n) is 3.14. The molecule has 1 fully saturated rings. The van der Waals surface area contributed by atoms with Crippen molar-refractivity contribution < 1.29 is 0 Å². The van der Waals surface area contributed by atoms with E-state index in [9.17, 15) is 0 Å². The van der Waals surface area contributed by atoms with Crippen molar-refractivity contribution in [1.82, 2.24) is 10.6 Å². The first-order chi connectivity index (χ1) is 6.52. The van der Waals surface area contributed by atoms with Crippen molar-refractivity contribution in [3.8, 4) is 0 Å². The van der Waals surface area contributed by atoms with Gasteiger partial charge < -0.3 is 10.6 Å². The lowest BCUT2D eigenvalue weighted by Gasteiger charge is -2.09. The van der Waals surface area contributed by atoms with Crippen LogP contribution in [0.5, 0.6) is 0 Å². The van der Waals surface area contributed by atoms with Crippen LogP contribution in [0, 0.1) is 17.3 Å². The Labute approximate surface area is 88.8 Å². The van der Waals surface area contributed by atoms with Crippen molar-refractivity contribution in [3.05, 3.63) is 0 Å². The van der Waals surface area contributed by atoms with E-state index >= 15 is 0 Å². The van der Waals surface area contributed by atoms with Crippen LogP contribution in [0.25, 0.3) is 0 Å². The Balaban J connectivity index is 1.82. The Morgan fingerprint density at radius 1 is 1.21 bits per heavy atom. The van der Waals surface area contributed by atoms with Gasteiger partial charge in [0.15, 0.2) is 0 Å². The lowest BCUT2D eigenvalue weighted by molar-refractivity contribution is 0.499. The van der Waals surface area contributed by atoms with E-state index in [-0.39, 0.29) is 0 Å². The van der Waals surface area contributed by atoms with Crippen LogP contribution in [0.3, 0.4) is 0 Å². The lowest BCUT2D eigenvalue weighted by Crippen LogP contribution is -2.31. The van der Waals surface area contributed by atoms with E-state index < -0.39 is 0 Å². The molecule has 2 nitrogen and oxygen atoms in total. The molecule has 0 aromatic rings. The Kier molecular flexibility index (Phi) is 4.39. The van der Waals surface area contributed by atoms with Gasteiger partial charge in [0, 0.05) is 13.1 Å². The van der Waals surface area contributed by atoms with Gasteiger partial charge in [-0.15, -0.1) is 0 Å². The predicted molar refractivity (Wildman–Crippen MR) is 62.5 cm³/mol. The van der Waals surface area contributed by atoms with Crippen molar-refractivity contribution >= 4 is 0 Å². The number of hydrogen-bond acceptors (Lipinski definition) is 2. The van der Waals surface area contributed by atoms with Crippen LogP contribution < -0.4 is 10.6 Å². The van der Waals surface area contributed by atoms with E-state index in [0.29, 0.717) is 5.41 Å². The first-order valence-corrected chi connectivity index (χ1v) is 5.94. The normalized spacial score (nSPS) is 24.2. The van der Waals surface area contributed by atoms with Crippen LogP contribution in [0.4, 0.5) is 0 Å². The van der Waals surface area contributed by atoms with Gasteiger partial charge in [0.25, 0.3) is 0 Å². The number of hydrogen-bond donors (Lipinski definition) is 2. The molecule has 0 aliphatic heterocycles. The first-order valence-electron chi connectivity index (χ1n) is 5.94. The van der Waals surface area contributed by atoms with Crippen molar-refractivity contribution in [1.29, 1.82) is 0 Å². The van der Waals surface area contributed by atoms with Crippen molar-refractivity contribution in [2.24, 2.45) is 17.3 Å². The molecule has 0 bridgehead atoms. The molecule has 0 spiro atoms. The molecule has 0 saturated heterocycles. The topological polar surface area (TPSA) is 24.1 Å².